The van der Waals surface area contributed by atoms with Crippen LogP contribution in [0, 0.1) is 12.7 Å². The summed E-state index contributed by atoms with van der Waals surface area (Å²) in [6.45, 7) is 4.06. The number of thiophene rings is 1. The molecular weight excluding hydrogens is 353 g/mol. The monoisotopic (exact) mass is 373 g/mol. The maximum Gasteiger partial charge on any atom is 0.295 e. The molecule has 1 aromatic carbocycles. The number of amides is 1. The minimum absolute atomic E-state index is 0.0248. The van der Waals surface area contributed by atoms with Gasteiger partial charge in [0.05, 0.1) is 11.6 Å². The van der Waals surface area contributed by atoms with Gasteiger partial charge in [-0.25, -0.2) is 4.39 Å². The summed E-state index contributed by atoms with van der Waals surface area (Å²) >= 11 is 1.42. The predicted octanol–water partition coefficient (Wildman–Crippen LogP) is 4.42. The molecule has 136 valence electrons. The van der Waals surface area contributed by atoms with Crippen molar-refractivity contribution in [2.45, 2.75) is 32.7 Å². The third-order valence-electron chi connectivity index (χ3n) is 4.55. The maximum absolute atomic E-state index is 13.9. The van der Waals surface area contributed by atoms with Crippen molar-refractivity contribution in [1.29, 1.82) is 0 Å². The molecule has 2 aromatic rings. The van der Waals surface area contributed by atoms with Gasteiger partial charge in [-0.15, -0.1) is 11.3 Å². The van der Waals surface area contributed by atoms with E-state index in [0.717, 1.165) is 17.7 Å². The third kappa shape index (κ3) is 3.17. The van der Waals surface area contributed by atoms with E-state index in [1.165, 1.54) is 28.4 Å². The zero-order valence-electron chi connectivity index (χ0n) is 14.7. The van der Waals surface area contributed by atoms with Crippen molar-refractivity contribution >= 4 is 28.8 Å². The summed E-state index contributed by atoms with van der Waals surface area (Å²) in [6.07, 6.45) is 1.64. The van der Waals surface area contributed by atoms with E-state index in [1.54, 1.807) is 13.0 Å². The molecule has 4 nitrogen and oxygen atoms in total. The summed E-state index contributed by atoms with van der Waals surface area (Å²) in [7, 11) is 0. The van der Waals surface area contributed by atoms with Gasteiger partial charge in [0, 0.05) is 17.0 Å². The number of carbonyl (C=O) groups is 2. The number of aliphatic hydroxyl groups is 1. The SMILES string of the molecule is CCCCN1C(=O)C(=O)/C(=C(/O)c2ccc(C)c(F)c2)C1c1cccs1. The number of aliphatic hydroxyl groups excluding tert-OH is 1. The number of halogens is 1. The fourth-order valence-electron chi connectivity index (χ4n) is 3.08. The van der Waals surface area contributed by atoms with Crippen LogP contribution in [-0.4, -0.2) is 28.2 Å². The van der Waals surface area contributed by atoms with Crippen LogP contribution in [0.1, 0.15) is 41.8 Å². The molecule has 0 aliphatic carbocycles. The molecule has 1 N–H and O–H groups in total. The molecule has 1 unspecified atom stereocenters. The Morgan fingerprint density at radius 3 is 2.69 bits per heavy atom. The van der Waals surface area contributed by atoms with E-state index in [9.17, 15) is 19.1 Å². The Hall–Kier alpha value is -2.47. The first kappa shape index (κ1) is 18.3. The normalized spacial score (nSPS) is 19.3. The lowest BCUT2D eigenvalue weighted by atomic mass is 9.99. The van der Waals surface area contributed by atoms with Gasteiger partial charge in [-0.1, -0.05) is 31.5 Å². The Kier molecular flexibility index (Phi) is 5.23. The summed E-state index contributed by atoms with van der Waals surface area (Å²) in [5, 5.41) is 12.6. The molecule has 3 rings (SSSR count). The van der Waals surface area contributed by atoms with Crippen LogP contribution in [0.25, 0.3) is 5.76 Å². The maximum atomic E-state index is 13.9. The third-order valence-corrected chi connectivity index (χ3v) is 5.48. The number of hydrogen-bond acceptors (Lipinski definition) is 4. The standard InChI is InChI=1S/C20H20FNO3S/c1-3-4-9-22-17(15-6-5-10-26-15)16(19(24)20(22)25)18(23)13-8-7-12(2)14(21)11-13/h5-8,10-11,17,23H,3-4,9H2,1-2H3/b18-16+. The van der Waals surface area contributed by atoms with E-state index in [1.807, 2.05) is 24.4 Å². The van der Waals surface area contributed by atoms with Crippen molar-refractivity contribution in [2.24, 2.45) is 0 Å². The van der Waals surface area contributed by atoms with E-state index in [0.29, 0.717) is 12.1 Å². The lowest BCUT2D eigenvalue weighted by Crippen LogP contribution is -2.30. The van der Waals surface area contributed by atoms with Crippen LogP contribution in [0.3, 0.4) is 0 Å². The molecule has 1 saturated heterocycles. The number of unbranched alkanes of at least 4 members (excludes halogenated alkanes) is 1. The van der Waals surface area contributed by atoms with Crippen LogP contribution in [-0.2, 0) is 9.59 Å². The van der Waals surface area contributed by atoms with Gasteiger partial charge in [-0.2, -0.15) is 0 Å². The van der Waals surface area contributed by atoms with Crippen LogP contribution in [0.5, 0.6) is 0 Å². The average Bonchev–Trinajstić information content (AvgIpc) is 3.23. The van der Waals surface area contributed by atoms with Crippen LogP contribution in [0.4, 0.5) is 4.39 Å². The number of carbonyl (C=O) groups excluding carboxylic acids is 2. The Morgan fingerprint density at radius 1 is 1.31 bits per heavy atom. The van der Waals surface area contributed by atoms with Crippen molar-refractivity contribution < 1.29 is 19.1 Å². The van der Waals surface area contributed by atoms with Gasteiger partial charge in [-0.3, -0.25) is 9.59 Å². The molecule has 2 heterocycles. The summed E-state index contributed by atoms with van der Waals surface area (Å²) in [5.41, 5.74) is 0.666. The fraction of sp³-hybridized carbons (Fsp3) is 0.300. The highest BCUT2D eigenvalue weighted by atomic mass is 32.1. The van der Waals surface area contributed by atoms with Crippen molar-refractivity contribution in [3.63, 3.8) is 0 Å². The number of benzene rings is 1. The zero-order valence-corrected chi connectivity index (χ0v) is 15.5. The first-order chi connectivity index (χ1) is 12.5. The molecular formula is C20H20FNO3S. The van der Waals surface area contributed by atoms with Gasteiger partial charge in [0.1, 0.15) is 11.6 Å². The van der Waals surface area contributed by atoms with Crippen molar-refractivity contribution in [2.75, 3.05) is 6.54 Å². The number of likely N-dealkylation sites (tertiary alicyclic amines) is 1. The molecule has 1 fully saturated rings. The van der Waals surface area contributed by atoms with E-state index in [-0.39, 0.29) is 16.9 Å². The van der Waals surface area contributed by atoms with Gasteiger partial charge in [-0.05, 0) is 36.4 Å². The molecule has 0 spiro atoms. The highest BCUT2D eigenvalue weighted by Gasteiger charge is 2.46. The zero-order chi connectivity index (χ0) is 18.8. The van der Waals surface area contributed by atoms with Gasteiger partial charge >= 0.3 is 0 Å². The van der Waals surface area contributed by atoms with Crippen LogP contribution < -0.4 is 0 Å². The minimum Gasteiger partial charge on any atom is -0.507 e. The highest BCUT2D eigenvalue weighted by Crippen LogP contribution is 2.41. The quantitative estimate of drug-likeness (QED) is 0.480. The van der Waals surface area contributed by atoms with E-state index in [2.05, 4.69) is 0 Å². The average molecular weight is 373 g/mol. The van der Waals surface area contributed by atoms with E-state index < -0.39 is 23.5 Å². The van der Waals surface area contributed by atoms with Gasteiger partial charge in [0.2, 0.25) is 0 Å². The summed E-state index contributed by atoms with van der Waals surface area (Å²) in [6, 6.07) is 7.33. The Bertz CT molecular complexity index is 873. The van der Waals surface area contributed by atoms with Crippen molar-refractivity contribution in [3.05, 3.63) is 63.1 Å². The number of aryl methyl sites for hydroxylation is 1. The largest absolute Gasteiger partial charge is 0.507 e. The molecule has 1 atom stereocenters. The summed E-state index contributed by atoms with van der Waals surface area (Å²) in [4.78, 5) is 27.5. The number of nitrogens with zero attached hydrogens (tertiary/aromatic N) is 1. The second kappa shape index (κ2) is 7.41. The second-order valence-corrected chi connectivity index (χ2v) is 7.30. The summed E-state index contributed by atoms with van der Waals surface area (Å²) < 4.78 is 13.9. The molecule has 0 saturated carbocycles. The van der Waals surface area contributed by atoms with Crippen LogP contribution in [0.15, 0.2) is 41.3 Å². The first-order valence-electron chi connectivity index (χ1n) is 8.54. The van der Waals surface area contributed by atoms with Crippen molar-refractivity contribution in [1.82, 2.24) is 4.90 Å². The summed E-state index contributed by atoms with van der Waals surface area (Å²) in [5.74, 6) is -2.15. The Labute approximate surface area is 155 Å². The number of hydrogen-bond donors (Lipinski definition) is 1. The predicted molar refractivity (Wildman–Crippen MR) is 99.4 cm³/mol. The Morgan fingerprint density at radius 2 is 2.08 bits per heavy atom. The highest BCUT2D eigenvalue weighted by molar-refractivity contribution is 7.10. The molecule has 26 heavy (non-hydrogen) atoms. The lowest BCUT2D eigenvalue weighted by molar-refractivity contribution is -0.139. The number of Topliss-reactive ketones (excluding diaryl/α,β-unsaturated/α-hetero) is 1. The molecule has 1 aromatic heterocycles. The molecule has 6 heteroatoms. The van der Waals surface area contributed by atoms with E-state index >= 15 is 0 Å². The van der Waals surface area contributed by atoms with Gasteiger partial charge in [0.15, 0.2) is 0 Å². The number of ketones is 1. The smallest absolute Gasteiger partial charge is 0.295 e. The van der Waals surface area contributed by atoms with E-state index in [4.69, 9.17) is 0 Å². The molecule has 1 aliphatic rings. The second-order valence-electron chi connectivity index (χ2n) is 6.33. The lowest BCUT2D eigenvalue weighted by Gasteiger charge is -2.23. The minimum atomic E-state index is -0.724. The first-order valence-corrected chi connectivity index (χ1v) is 9.42. The van der Waals surface area contributed by atoms with Crippen molar-refractivity contribution in [3.8, 4) is 0 Å². The topological polar surface area (TPSA) is 57.6 Å². The van der Waals surface area contributed by atoms with Crippen LogP contribution >= 0.6 is 11.3 Å². The molecule has 0 bridgehead atoms. The Balaban J connectivity index is 2.14. The van der Waals surface area contributed by atoms with Gasteiger partial charge in [0.25, 0.3) is 11.7 Å². The molecule has 1 amide bonds. The van der Waals surface area contributed by atoms with Gasteiger partial charge < -0.3 is 10.0 Å². The fourth-order valence-corrected chi connectivity index (χ4v) is 3.92. The molecule has 0 radical (unpaired) electrons. The van der Waals surface area contributed by atoms with Crippen LogP contribution in [0.2, 0.25) is 0 Å². The number of rotatable bonds is 5. The molecule has 1 aliphatic heterocycles.